The van der Waals surface area contributed by atoms with Crippen molar-refractivity contribution < 1.29 is 131 Å². The summed E-state index contributed by atoms with van der Waals surface area (Å²) in [7, 11) is 0. The van der Waals surface area contributed by atoms with Crippen molar-refractivity contribution in [2.75, 3.05) is 0 Å². The van der Waals surface area contributed by atoms with Crippen LogP contribution >= 0.6 is 0 Å². The minimum Gasteiger partial charge on any atom is -2.00 e. The summed E-state index contributed by atoms with van der Waals surface area (Å²) in [6, 6.07) is 16.2. The molecule has 0 atom stereocenters. The van der Waals surface area contributed by atoms with Crippen LogP contribution in [-0.4, -0.2) is 80.8 Å². The molecule has 2 aliphatic heterocycles. The molecule has 11 nitrogen and oxygen atoms in total. The van der Waals surface area contributed by atoms with Crippen LogP contribution in [0.5, 0.6) is 11.5 Å². The topological polar surface area (TPSA) is 275 Å². The number of para-hydroxylation sites is 2. The Morgan fingerprint density at radius 3 is 0.946 bits per heavy atom. The molecule has 0 bridgehead atoms. The van der Waals surface area contributed by atoms with Crippen molar-refractivity contribution in [2.45, 2.75) is 12.8 Å². The van der Waals surface area contributed by atoms with Gasteiger partial charge in [0, 0.05) is 0 Å². The van der Waals surface area contributed by atoms with Crippen molar-refractivity contribution in [1.29, 1.82) is 0 Å². The van der Waals surface area contributed by atoms with E-state index in [1.807, 2.05) is 48.6 Å². The van der Waals surface area contributed by atoms with Gasteiger partial charge >= 0.3 is 153 Å². The third-order valence-corrected chi connectivity index (χ3v) is 3.20. The summed E-state index contributed by atoms with van der Waals surface area (Å²) in [5.74, 6) is 1.98. The van der Waals surface area contributed by atoms with Gasteiger partial charge in [-0.2, -0.15) is 0 Å². The first-order valence-electron chi connectivity index (χ1n) is 6.72. The standard InChI is InChI=1S/2C9H8O.2Al.2Co.2Mg.9O.2Zn/c2*1-2-6-9-8(4-1)5-3-7-10-9;;;;;;;;;;;;;;;;;/h2*1-4,6-7H,5H2;;;;;;;;;;;;;;;;;/q;;2*+3;4*+2;9*-2;2*+2. The van der Waals surface area contributed by atoms with Gasteiger partial charge in [0.1, 0.15) is 11.5 Å². The molecule has 0 aliphatic carbocycles. The Morgan fingerprint density at radius 1 is 0.459 bits per heavy atom. The zero-order chi connectivity index (χ0) is 13.6. The Balaban J connectivity index is -0.0000000138. The summed E-state index contributed by atoms with van der Waals surface area (Å²) in [6.45, 7) is 0. The predicted octanol–water partition coefficient (Wildman–Crippen LogP) is 1.67. The summed E-state index contributed by atoms with van der Waals surface area (Å²) >= 11 is 0. The molecule has 2 aromatic carbocycles. The number of benzene rings is 2. The second-order valence-corrected chi connectivity index (χ2v) is 4.60. The minimum absolute atomic E-state index is 0. The molecule has 0 N–H and O–H groups in total. The van der Waals surface area contributed by atoms with E-state index in [0.717, 1.165) is 24.3 Å². The second-order valence-electron chi connectivity index (χ2n) is 4.60. The van der Waals surface area contributed by atoms with E-state index in [1.165, 1.54) is 11.1 Å². The molecule has 0 fully saturated rings. The maximum Gasteiger partial charge on any atom is 3.00 e. The fraction of sp³-hybridized carbons (Fsp3) is 0.111. The molecule has 2 heterocycles. The van der Waals surface area contributed by atoms with Crippen molar-refractivity contribution in [1.82, 2.24) is 0 Å². The van der Waals surface area contributed by atoms with Crippen molar-refractivity contribution in [3.05, 3.63) is 84.3 Å². The maximum atomic E-state index is 5.24. The fourth-order valence-corrected chi connectivity index (χ4v) is 2.17. The molecule has 0 aromatic heterocycles. The van der Waals surface area contributed by atoms with Gasteiger partial charge in [0.25, 0.3) is 0 Å². The average molecular weight is 760 g/mol. The average Bonchev–Trinajstić information content (AvgIpc) is 2.56. The Hall–Kier alpha value is 2.02. The van der Waals surface area contributed by atoms with Crippen molar-refractivity contribution in [3.8, 4) is 11.5 Å². The zero-order valence-corrected chi connectivity index (χ0v) is 32.6. The van der Waals surface area contributed by atoms with Crippen LogP contribution in [0.4, 0.5) is 0 Å². The Bertz CT molecular complexity index is 592. The summed E-state index contributed by atoms with van der Waals surface area (Å²) in [6.07, 6.45) is 9.50. The summed E-state index contributed by atoms with van der Waals surface area (Å²) in [4.78, 5) is 0. The molecule has 0 spiro atoms. The number of fused-ring (bicyclic) bond motifs is 2. The molecule has 4 rings (SSSR count). The van der Waals surface area contributed by atoms with Crippen LogP contribution in [0.3, 0.4) is 0 Å². The van der Waals surface area contributed by atoms with Crippen LogP contribution < -0.4 is 9.47 Å². The van der Waals surface area contributed by atoms with E-state index in [2.05, 4.69) is 12.1 Å². The van der Waals surface area contributed by atoms with Crippen molar-refractivity contribution in [3.63, 3.8) is 0 Å². The third kappa shape index (κ3) is 34.1. The van der Waals surface area contributed by atoms with Crippen molar-refractivity contribution >= 4 is 80.8 Å². The molecule has 37 heavy (non-hydrogen) atoms. The number of rotatable bonds is 0. The fourth-order valence-electron chi connectivity index (χ4n) is 2.17. The van der Waals surface area contributed by atoms with Gasteiger partial charge in [-0.25, -0.2) is 0 Å². The van der Waals surface area contributed by atoms with Gasteiger partial charge in [-0.3, -0.25) is 0 Å². The second kappa shape index (κ2) is 57.8. The molecule has 2 aliphatic rings. The largest absolute Gasteiger partial charge is 3.00 e. The van der Waals surface area contributed by atoms with Gasteiger partial charge < -0.3 is 58.8 Å². The third-order valence-electron chi connectivity index (χ3n) is 3.20. The molecular weight excluding hydrogens is 743 g/mol. The van der Waals surface area contributed by atoms with Crippen LogP contribution in [0.15, 0.2) is 73.2 Å². The molecule has 186 valence electrons. The number of hydrogen-bond donors (Lipinski definition) is 0. The van der Waals surface area contributed by atoms with Gasteiger partial charge in [-0.15, -0.1) is 0 Å². The first-order valence-corrected chi connectivity index (χ1v) is 6.72. The first-order chi connectivity index (χ1) is 9.93. The monoisotopic (exact) mass is 756 g/mol. The molecule has 0 saturated heterocycles. The van der Waals surface area contributed by atoms with E-state index < -0.39 is 0 Å². The van der Waals surface area contributed by atoms with Gasteiger partial charge in [-0.05, 0) is 48.3 Å². The molecule has 0 amide bonds. The maximum absolute atomic E-state index is 5.24. The molecular formula is C18H16Al2Co2Mg2O11Zn2. The van der Waals surface area contributed by atoms with E-state index >= 15 is 0 Å². The number of hydrogen-bond acceptors (Lipinski definition) is 2. The smallest absolute Gasteiger partial charge is 2.00 e. The van der Waals surface area contributed by atoms with Crippen LogP contribution in [-0.2, 0) is 135 Å². The Morgan fingerprint density at radius 2 is 0.703 bits per heavy atom. The van der Waals surface area contributed by atoms with E-state index in [9.17, 15) is 0 Å². The Kier molecular flexibility index (Phi) is 153. The van der Waals surface area contributed by atoms with Crippen LogP contribution in [0.2, 0.25) is 0 Å². The molecule has 2 radical (unpaired) electrons. The molecule has 0 unspecified atom stereocenters. The molecule has 19 heteroatoms. The SMILES string of the molecule is C1=COc2ccccc2C1.C1=COc2ccccc2C1.[Al+3].[Al+3].[Co+2].[Co+2].[Mg+2].[Mg+2].[O-2].[O-2].[O-2].[O-2].[O-2].[O-2].[O-2].[O-2].[O-2].[Zn+2].[Zn+2]. The molecule has 0 saturated carbocycles. The Labute approximate surface area is 317 Å². The zero-order valence-electron chi connectivity index (χ0n) is 19.5. The van der Waals surface area contributed by atoms with E-state index in [-0.39, 0.29) is 203 Å². The summed E-state index contributed by atoms with van der Waals surface area (Å²) in [5.41, 5.74) is 2.54. The van der Waals surface area contributed by atoms with Crippen molar-refractivity contribution in [2.24, 2.45) is 0 Å². The van der Waals surface area contributed by atoms with E-state index in [1.54, 1.807) is 12.5 Å². The predicted molar refractivity (Wildman–Crippen MR) is 109 cm³/mol. The quantitative estimate of drug-likeness (QED) is 0.363. The van der Waals surface area contributed by atoms with Gasteiger partial charge in [0.15, 0.2) is 0 Å². The first kappa shape index (κ1) is 97.8. The van der Waals surface area contributed by atoms with Crippen LogP contribution in [0.1, 0.15) is 11.1 Å². The van der Waals surface area contributed by atoms with Crippen LogP contribution in [0, 0.1) is 0 Å². The minimum atomic E-state index is 0. The van der Waals surface area contributed by atoms with Gasteiger partial charge in [0.05, 0.1) is 12.5 Å². The summed E-state index contributed by atoms with van der Waals surface area (Å²) < 4.78 is 10.5. The van der Waals surface area contributed by atoms with E-state index in [0.29, 0.717) is 0 Å². The normalized spacial score (nSPS) is 7.57. The van der Waals surface area contributed by atoms with E-state index in [4.69, 9.17) is 9.47 Å². The molecule has 2 aromatic rings. The number of ether oxygens (including phenoxy) is 2. The summed E-state index contributed by atoms with van der Waals surface area (Å²) in [5, 5.41) is 0. The van der Waals surface area contributed by atoms with Crippen LogP contribution in [0.25, 0.3) is 0 Å². The van der Waals surface area contributed by atoms with Gasteiger partial charge in [-0.1, -0.05) is 36.4 Å². The van der Waals surface area contributed by atoms with Gasteiger partial charge in [0.2, 0.25) is 0 Å². The number of allylic oxidation sites excluding steroid dienone is 2.